The van der Waals surface area contributed by atoms with Gasteiger partial charge in [0.1, 0.15) is 0 Å². The molecule has 0 aliphatic heterocycles. The molecule has 6 nitrogen and oxygen atoms in total. The number of rotatable bonds is 0. The van der Waals surface area contributed by atoms with Crippen molar-refractivity contribution in [3.05, 3.63) is 23.8 Å². The Morgan fingerprint density at radius 2 is 1.19 bits per heavy atom. The molecule has 2 aromatic rings. The molecule has 0 unspecified atom stereocenters. The Kier molecular flexibility index (Phi) is 6.11. The molecule has 0 atom stereocenters. The standard InChI is InChI=1S/2C10H19N3/c1-9(2,3)8-7-13(12-11-8)10(4,5)6;1-9(2,3)8-7-11-13(12-8)10(4,5)6/h2*7H,1-6H3. The number of hydrogen-bond acceptors (Lipinski definition) is 4. The fourth-order valence-electron chi connectivity index (χ4n) is 1.87. The predicted molar refractivity (Wildman–Crippen MR) is 107 cm³/mol. The molecule has 148 valence electrons. The lowest BCUT2D eigenvalue weighted by Gasteiger charge is -2.18. The van der Waals surface area contributed by atoms with Gasteiger partial charge in [-0.15, -0.1) is 5.10 Å². The highest BCUT2D eigenvalue weighted by atomic mass is 15.5. The molecule has 0 N–H and O–H groups in total. The lowest BCUT2D eigenvalue weighted by Crippen LogP contribution is -2.25. The maximum Gasteiger partial charge on any atom is 0.0880 e. The van der Waals surface area contributed by atoms with E-state index in [-0.39, 0.29) is 21.9 Å². The van der Waals surface area contributed by atoms with Gasteiger partial charge in [0.2, 0.25) is 0 Å². The van der Waals surface area contributed by atoms with E-state index in [1.165, 1.54) is 0 Å². The van der Waals surface area contributed by atoms with E-state index in [4.69, 9.17) is 0 Å². The first kappa shape index (κ1) is 22.3. The Morgan fingerprint density at radius 1 is 0.692 bits per heavy atom. The molecule has 0 spiro atoms. The van der Waals surface area contributed by atoms with E-state index in [0.29, 0.717) is 0 Å². The Balaban J connectivity index is 0.000000260. The van der Waals surface area contributed by atoms with E-state index in [2.05, 4.69) is 104 Å². The molecule has 0 aromatic carbocycles. The largest absolute Gasteiger partial charge is 0.247 e. The fourth-order valence-corrected chi connectivity index (χ4v) is 1.87. The topological polar surface area (TPSA) is 61.4 Å². The van der Waals surface area contributed by atoms with Crippen molar-refractivity contribution in [2.45, 2.75) is 105 Å². The van der Waals surface area contributed by atoms with Gasteiger partial charge in [-0.3, -0.25) is 0 Å². The van der Waals surface area contributed by atoms with Crippen molar-refractivity contribution in [3.8, 4) is 0 Å². The molecule has 0 aliphatic rings. The van der Waals surface area contributed by atoms with Crippen LogP contribution < -0.4 is 0 Å². The van der Waals surface area contributed by atoms with Crippen LogP contribution in [-0.2, 0) is 21.9 Å². The van der Waals surface area contributed by atoms with Gasteiger partial charge in [-0.2, -0.15) is 15.0 Å². The molecule has 0 saturated heterocycles. The van der Waals surface area contributed by atoms with Crippen LogP contribution in [0.3, 0.4) is 0 Å². The monoisotopic (exact) mass is 362 g/mol. The summed E-state index contributed by atoms with van der Waals surface area (Å²) < 4.78 is 1.91. The van der Waals surface area contributed by atoms with Gasteiger partial charge < -0.3 is 0 Å². The van der Waals surface area contributed by atoms with E-state index in [1.807, 2.05) is 17.1 Å². The van der Waals surface area contributed by atoms with Gasteiger partial charge in [0, 0.05) is 17.0 Å². The van der Waals surface area contributed by atoms with E-state index in [0.717, 1.165) is 11.4 Å². The van der Waals surface area contributed by atoms with Crippen LogP contribution in [0.15, 0.2) is 12.4 Å². The molecule has 0 saturated carbocycles. The van der Waals surface area contributed by atoms with E-state index >= 15 is 0 Å². The van der Waals surface area contributed by atoms with E-state index in [9.17, 15) is 0 Å². The molecule has 2 rings (SSSR count). The maximum absolute atomic E-state index is 4.46. The number of hydrogen-bond donors (Lipinski definition) is 0. The molecule has 2 aromatic heterocycles. The summed E-state index contributed by atoms with van der Waals surface area (Å²) >= 11 is 0. The van der Waals surface area contributed by atoms with Crippen molar-refractivity contribution in [3.63, 3.8) is 0 Å². The van der Waals surface area contributed by atoms with Crippen LogP contribution in [0.4, 0.5) is 0 Å². The van der Waals surface area contributed by atoms with Crippen molar-refractivity contribution < 1.29 is 0 Å². The van der Waals surface area contributed by atoms with Crippen molar-refractivity contribution in [2.24, 2.45) is 0 Å². The van der Waals surface area contributed by atoms with Gasteiger partial charge in [0.25, 0.3) is 0 Å². The molecule has 0 radical (unpaired) electrons. The maximum atomic E-state index is 4.46. The molecule has 0 bridgehead atoms. The first-order chi connectivity index (χ1) is 11.4. The minimum Gasteiger partial charge on any atom is -0.247 e. The SMILES string of the molecule is CC(C)(C)c1cn(C(C)(C)C)nn1.CC(C)(C)c1cnn(C(C)(C)C)n1. The molecular formula is C20H38N6. The minimum atomic E-state index is -0.0243. The Morgan fingerprint density at radius 3 is 1.42 bits per heavy atom. The van der Waals surface area contributed by atoms with Crippen LogP contribution in [0, 0.1) is 0 Å². The first-order valence-corrected chi connectivity index (χ1v) is 9.29. The van der Waals surface area contributed by atoms with Crippen LogP contribution >= 0.6 is 0 Å². The zero-order valence-electron chi connectivity index (χ0n) is 18.8. The summed E-state index contributed by atoms with van der Waals surface area (Å²) in [6, 6.07) is 0. The summed E-state index contributed by atoms with van der Waals surface area (Å²) in [4.78, 5) is 1.77. The summed E-state index contributed by atoms with van der Waals surface area (Å²) in [6.45, 7) is 25.5. The number of nitrogens with zero attached hydrogens (tertiary/aromatic N) is 6. The van der Waals surface area contributed by atoms with Gasteiger partial charge in [0.15, 0.2) is 0 Å². The highest BCUT2D eigenvalue weighted by molar-refractivity contribution is 5.07. The van der Waals surface area contributed by atoms with Crippen molar-refractivity contribution in [1.29, 1.82) is 0 Å². The van der Waals surface area contributed by atoms with Crippen molar-refractivity contribution in [1.82, 2.24) is 30.0 Å². The van der Waals surface area contributed by atoms with Crippen molar-refractivity contribution in [2.75, 3.05) is 0 Å². The molecule has 6 heteroatoms. The summed E-state index contributed by atoms with van der Waals surface area (Å²) in [6.07, 6.45) is 3.88. The van der Waals surface area contributed by atoms with Gasteiger partial charge in [-0.25, -0.2) is 4.68 Å². The summed E-state index contributed by atoms with van der Waals surface area (Å²) in [5, 5.41) is 17.0. The Labute approximate surface area is 159 Å². The van der Waals surface area contributed by atoms with Crippen LogP contribution in [0.5, 0.6) is 0 Å². The normalized spacial score (nSPS) is 13.4. The van der Waals surface area contributed by atoms with E-state index in [1.54, 1.807) is 4.80 Å². The van der Waals surface area contributed by atoms with Crippen LogP contribution in [0.2, 0.25) is 0 Å². The lowest BCUT2D eigenvalue weighted by molar-refractivity contribution is 0.308. The minimum absolute atomic E-state index is 0.0243. The third kappa shape index (κ3) is 6.22. The van der Waals surface area contributed by atoms with Gasteiger partial charge in [-0.1, -0.05) is 46.8 Å². The Bertz CT molecular complexity index is 577. The third-order valence-corrected chi connectivity index (χ3v) is 3.81. The molecule has 26 heavy (non-hydrogen) atoms. The number of aromatic nitrogens is 6. The second kappa shape index (κ2) is 7.12. The van der Waals surface area contributed by atoms with Crippen LogP contribution in [0.25, 0.3) is 0 Å². The summed E-state index contributed by atoms with van der Waals surface area (Å²) in [7, 11) is 0. The summed E-state index contributed by atoms with van der Waals surface area (Å²) in [5.74, 6) is 0. The Hall–Kier alpha value is -1.72. The predicted octanol–water partition coefficient (Wildman–Crippen LogP) is 4.66. The molecule has 0 fully saturated rings. The van der Waals surface area contributed by atoms with Gasteiger partial charge in [-0.05, 0) is 41.5 Å². The van der Waals surface area contributed by atoms with Crippen LogP contribution in [0.1, 0.15) is 94.5 Å². The first-order valence-electron chi connectivity index (χ1n) is 9.29. The average molecular weight is 363 g/mol. The van der Waals surface area contributed by atoms with E-state index < -0.39 is 0 Å². The molecule has 0 aliphatic carbocycles. The van der Waals surface area contributed by atoms with Crippen molar-refractivity contribution >= 4 is 0 Å². The average Bonchev–Trinajstić information content (AvgIpc) is 3.06. The molecular weight excluding hydrogens is 324 g/mol. The van der Waals surface area contributed by atoms with Crippen LogP contribution in [-0.4, -0.2) is 30.0 Å². The zero-order chi connectivity index (χ0) is 20.6. The van der Waals surface area contributed by atoms with Gasteiger partial charge >= 0.3 is 0 Å². The second-order valence-corrected chi connectivity index (χ2v) is 10.9. The summed E-state index contributed by atoms with van der Waals surface area (Å²) in [5.41, 5.74) is 2.26. The second-order valence-electron chi connectivity index (χ2n) is 10.9. The fraction of sp³-hybridized carbons (Fsp3) is 0.800. The highest BCUT2D eigenvalue weighted by Gasteiger charge is 2.22. The lowest BCUT2D eigenvalue weighted by atomic mass is 9.93. The third-order valence-electron chi connectivity index (χ3n) is 3.81. The zero-order valence-corrected chi connectivity index (χ0v) is 18.8. The molecule has 2 heterocycles. The quantitative estimate of drug-likeness (QED) is 0.684. The van der Waals surface area contributed by atoms with Gasteiger partial charge in [0.05, 0.1) is 28.7 Å². The molecule has 0 amide bonds. The highest BCUT2D eigenvalue weighted by Crippen LogP contribution is 2.22. The smallest absolute Gasteiger partial charge is 0.0880 e.